The lowest BCUT2D eigenvalue weighted by Crippen LogP contribution is -2.24. The highest BCUT2D eigenvalue weighted by atomic mass is 19.4. The predicted octanol–water partition coefficient (Wildman–Crippen LogP) is 2.71. The number of pyridine rings is 1. The summed E-state index contributed by atoms with van der Waals surface area (Å²) < 4.78 is 41.8. The molecule has 1 rings (SSSR count). The van der Waals surface area contributed by atoms with E-state index in [9.17, 15) is 18.0 Å². The van der Waals surface area contributed by atoms with Crippen LogP contribution in [-0.2, 0) is 6.42 Å². The van der Waals surface area contributed by atoms with E-state index in [1.165, 1.54) is 13.2 Å². The number of methoxy groups -OCH3 is 1. The third-order valence-electron chi connectivity index (χ3n) is 2.36. The molecule has 0 bridgehead atoms. The number of ether oxygens (including phenoxy) is 1. The third-order valence-corrected chi connectivity index (χ3v) is 2.36. The standard InChI is InChI=1S/C11H12F3NO2/c1-4-7-5-8(9(16)11(12,13)14)10(17-3)15-6(7)2/h5H,4H2,1-3H3. The second-order valence-corrected chi connectivity index (χ2v) is 3.47. The molecule has 0 aliphatic carbocycles. The molecule has 1 aromatic rings. The molecule has 17 heavy (non-hydrogen) atoms. The van der Waals surface area contributed by atoms with Gasteiger partial charge in [0.2, 0.25) is 5.88 Å². The Bertz CT molecular complexity index is 441. The maximum atomic E-state index is 12.4. The Hall–Kier alpha value is -1.59. The van der Waals surface area contributed by atoms with Crippen molar-refractivity contribution in [3.8, 4) is 5.88 Å². The highest BCUT2D eigenvalue weighted by Gasteiger charge is 2.41. The molecule has 0 unspecified atom stereocenters. The summed E-state index contributed by atoms with van der Waals surface area (Å²) in [6, 6.07) is 1.19. The molecule has 0 aliphatic rings. The molecule has 94 valence electrons. The molecule has 0 radical (unpaired) electrons. The van der Waals surface area contributed by atoms with Gasteiger partial charge in [-0.1, -0.05) is 6.92 Å². The number of alkyl halides is 3. The maximum Gasteiger partial charge on any atom is 0.455 e. The first kappa shape index (κ1) is 13.5. The van der Waals surface area contributed by atoms with Crippen molar-refractivity contribution in [2.75, 3.05) is 7.11 Å². The number of rotatable bonds is 3. The largest absolute Gasteiger partial charge is 0.480 e. The van der Waals surface area contributed by atoms with Crippen molar-refractivity contribution in [3.63, 3.8) is 0 Å². The maximum absolute atomic E-state index is 12.4. The lowest BCUT2D eigenvalue weighted by molar-refractivity contribution is -0.0886. The van der Waals surface area contributed by atoms with Crippen molar-refractivity contribution >= 4 is 5.78 Å². The van der Waals surface area contributed by atoms with Gasteiger partial charge in [-0.3, -0.25) is 4.79 Å². The van der Waals surface area contributed by atoms with Crippen LogP contribution < -0.4 is 4.74 Å². The van der Waals surface area contributed by atoms with Gasteiger partial charge in [-0.2, -0.15) is 13.2 Å². The smallest absolute Gasteiger partial charge is 0.455 e. The first-order chi connectivity index (χ1) is 7.81. The van der Waals surface area contributed by atoms with Gasteiger partial charge in [-0.25, -0.2) is 4.98 Å². The highest BCUT2D eigenvalue weighted by Crippen LogP contribution is 2.28. The summed E-state index contributed by atoms with van der Waals surface area (Å²) in [7, 11) is 1.18. The van der Waals surface area contributed by atoms with E-state index in [1.54, 1.807) is 13.8 Å². The molecule has 0 amide bonds. The number of hydrogen-bond donors (Lipinski definition) is 0. The monoisotopic (exact) mass is 247 g/mol. The second kappa shape index (κ2) is 4.73. The number of aryl methyl sites for hydroxylation is 2. The molecule has 1 heterocycles. The van der Waals surface area contributed by atoms with E-state index < -0.39 is 17.5 Å². The van der Waals surface area contributed by atoms with E-state index in [-0.39, 0.29) is 5.88 Å². The SMILES string of the molecule is CCc1cc(C(=O)C(F)(F)F)c(OC)nc1C. The lowest BCUT2D eigenvalue weighted by Gasteiger charge is -2.12. The van der Waals surface area contributed by atoms with Crippen LogP contribution in [0.3, 0.4) is 0 Å². The second-order valence-electron chi connectivity index (χ2n) is 3.47. The minimum atomic E-state index is -4.92. The summed E-state index contributed by atoms with van der Waals surface area (Å²) in [5, 5.41) is 0. The fraction of sp³-hybridized carbons (Fsp3) is 0.455. The number of halogens is 3. The Balaban J connectivity index is 3.36. The van der Waals surface area contributed by atoms with Gasteiger partial charge >= 0.3 is 6.18 Å². The summed E-state index contributed by atoms with van der Waals surface area (Å²) in [5.41, 5.74) is 0.615. The van der Waals surface area contributed by atoms with E-state index in [4.69, 9.17) is 4.74 Å². The van der Waals surface area contributed by atoms with Crippen LogP contribution in [0.4, 0.5) is 13.2 Å². The van der Waals surface area contributed by atoms with Gasteiger partial charge in [0.25, 0.3) is 5.78 Å². The van der Waals surface area contributed by atoms with Crippen LogP contribution in [0.2, 0.25) is 0 Å². The van der Waals surface area contributed by atoms with Crippen LogP contribution in [0.25, 0.3) is 0 Å². The Morgan fingerprint density at radius 3 is 2.47 bits per heavy atom. The molecule has 0 N–H and O–H groups in total. The Morgan fingerprint density at radius 2 is 2.06 bits per heavy atom. The first-order valence-corrected chi connectivity index (χ1v) is 4.97. The van der Waals surface area contributed by atoms with Crippen LogP contribution in [0.1, 0.15) is 28.5 Å². The van der Waals surface area contributed by atoms with Gasteiger partial charge in [-0.15, -0.1) is 0 Å². The fourth-order valence-corrected chi connectivity index (χ4v) is 1.45. The quantitative estimate of drug-likeness (QED) is 0.771. The van der Waals surface area contributed by atoms with Crippen molar-refractivity contribution in [1.82, 2.24) is 4.98 Å². The number of aromatic nitrogens is 1. The van der Waals surface area contributed by atoms with Gasteiger partial charge in [0.15, 0.2) is 0 Å². The Kier molecular flexibility index (Phi) is 3.75. The van der Waals surface area contributed by atoms with Crippen molar-refractivity contribution in [1.29, 1.82) is 0 Å². The molecule has 1 aromatic heterocycles. The van der Waals surface area contributed by atoms with Crippen LogP contribution in [0.15, 0.2) is 6.07 Å². The fourth-order valence-electron chi connectivity index (χ4n) is 1.45. The van der Waals surface area contributed by atoms with Gasteiger partial charge in [0.1, 0.15) is 0 Å². The Labute approximate surface area is 96.6 Å². The van der Waals surface area contributed by atoms with E-state index >= 15 is 0 Å². The summed E-state index contributed by atoms with van der Waals surface area (Å²) in [5.74, 6) is -2.22. The van der Waals surface area contributed by atoms with Gasteiger partial charge in [0.05, 0.1) is 12.7 Å². The first-order valence-electron chi connectivity index (χ1n) is 4.97. The molecule has 0 aliphatic heterocycles. The molecule has 0 saturated carbocycles. The number of Topliss-reactive ketones (excluding diaryl/α,β-unsaturated/α-hetero) is 1. The van der Waals surface area contributed by atoms with Crippen LogP contribution in [-0.4, -0.2) is 24.1 Å². The van der Waals surface area contributed by atoms with Gasteiger partial charge in [-0.05, 0) is 25.0 Å². The number of hydrogen-bond acceptors (Lipinski definition) is 3. The summed E-state index contributed by atoms with van der Waals surface area (Å²) in [6.07, 6.45) is -4.42. The molecule has 0 atom stereocenters. The number of ketones is 1. The highest BCUT2D eigenvalue weighted by molar-refractivity contribution is 6.02. The van der Waals surface area contributed by atoms with Crippen LogP contribution in [0, 0.1) is 6.92 Å². The molecule has 6 heteroatoms. The average molecular weight is 247 g/mol. The Morgan fingerprint density at radius 1 is 1.47 bits per heavy atom. The minimum Gasteiger partial charge on any atom is -0.480 e. The topological polar surface area (TPSA) is 39.2 Å². The molecule has 0 aromatic carbocycles. The molecule has 0 spiro atoms. The minimum absolute atomic E-state index is 0.290. The van der Waals surface area contributed by atoms with Crippen molar-refractivity contribution in [3.05, 3.63) is 22.9 Å². The number of nitrogens with zero attached hydrogens (tertiary/aromatic N) is 1. The zero-order valence-corrected chi connectivity index (χ0v) is 9.68. The van der Waals surface area contributed by atoms with Crippen molar-refractivity contribution in [2.45, 2.75) is 26.4 Å². The lowest BCUT2D eigenvalue weighted by atomic mass is 10.1. The molecular formula is C11H12F3NO2. The normalized spacial score (nSPS) is 11.4. The van der Waals surface area contributed by atoms with E-state index in [0.29, 0.717) is 17.7 Å². The molecular weight excluding hydrogens is 235 g/mol. The van der Waals surface area contributed by atoms with Crippen molar-refractivity contribution < 1.29 is 22.7 Å². The summed E-state index contributed by atoms with van der Waals surface area (Å²) in [4.78, 5) is 15.0. The number of carbonyl (C=O) groups excluding carboxylic acids is 1. The molecule has 0 fully saturated rings. The summed E-state index contributed by atoms with van der Waals surface area (Å²) >= 11 is 0. The number of carbonyl (C=O) groups is 1. The van der Waals surface area contributed by atoms with Crippen LogP contribution >= 0.6 is 0 Å². The van der Waals surface area contributed by atoms with Crippen molar-refractivity contribution in [2.24, 2.45) is 0 Å². The average Bonchev–Trinajstić information content (AvgIpc) is 2.26. The molecule has 3 nitrogen and oxygen atoms in total. The zero-order valence-electron chi connectivity index (χ0n) is 9.68. The van der Waals surface area contributed by atoms with E-state index in [0.717, 1.165) is 0 Å². The van der Waals surface area contributed by atoms with Gasteiger partial charge < -0.3 is 4.74 Å². The van der Waals surface area contributed by atoms with E-state index in [1.807, 2.05) is 0 Å². The summed E-state index contributed by atoms with van der Waals surface area (Å²) in [6.45, 7) is 3.43. The predicted molar refractivity (Wildman–Crippen MR) is 55.3 cm³/mol. The molecule has 0 saturated heterocycles. The van der Waals surface area contributed by atoms with Crippen LogP contribution in [0.5, 0.6) is 5.88 Å². The van der Waals surface area contributed by atoms with E-state index in [2.05, 4.69) is 4.98 Å². The third kappa shape index (κ3) is 2.75. The zero-order chi connectivity index (χ0) is 13.2. The van der Waals surface area contributed by atoms with Gasteiger partial charge in [0, 0.05) is 5.69 Å².